The Morgan fingerprint density at radius 1 is 1.24 bits per heavy atom. The number of benzene rings is 1. The van der Waals surface area contributed by atoms with Crippen LogP contribution < -0.4 is 10.6 Å². The van der Waals surface area contributed by atoms with Crippen molar-refractivity contribution in [1.29, 1.82) is 0 Å². The molecule has 1 amide bonds. The molecule has 1 saturated heterocycles. The first-order chi connectivity index (χ1) is 14.0. The molecule has 0 spiro atoms. The van der Waals surface area contributed by atoms with Crippen molar-refractivity contribution in [3.05, 3.63) is 47.0 Å². The standard InChI is InChI=1S/C22H29N5O2/c1-13(2)19(21-14(3)17-7-5-6-8-18(17)29-21)24-22(28)20-15(4)27(26-25-20)16-9-11-23-12-10-16/h5-8,13,16,19,23H,9-12H2,1-4H3,(H,24,28). The van der Waals surface area contributed by atoms with Crippen molar-refractivity contribution in [3.8, 4) is 0 Å². The Labute approximate surface area is 170 Å². The van der Waals surface area contributed by atoms with E-state index in [9.17, 15) is 4.79 Å². The summed E-state index contributed by atoms with van der Waals surface area (Å²) in [6.45, 7) is 10.1. The van der Waals surface area contributed by atoms with Crippen LogP contribution in [-0.2, 0) is 0 Å². The topological polar surface area (TPSA) is 85.0 Å². The molecule has 0 radical (unpaired) electrons. The first-order valence-electron chi connectivity index (χ1n) is 10.4. The van der Waals surface area contributed by atoms with Gasteiger partial charge in [0.1, 0.15) is 11.3 Å². The Morgan fingerprint density at radius 3 is 2.66 bits per heavy atom. The summed E-state index contributed by atoms with van der Waals surface area (Å²) in [7, 11) is 0. The molecule has 1 unspecified atom stereocenters. The Kier molecular flexibility index (Phi) is 5.41. The molecule has 4 rings (SSSR count). The van der Waals surface area contributed by atoms with E-state index in [-0.39, 0.29) is 17.9 Å². The molecule has 1 aromatic carbocycles. The zero-order valence-electron chi connectivity index (χ0n) is 17.5. The fourth-order valence-corrected chi connectivity index (χ4v) is 4.18. The SMILES string of the molecule is Cc1c(C(NC(=O)c2nnn(C3CCNCC3)c2C)C(C)C)oc2ccccc12. The molecule has 1 atom stereocenters. The number of fused-ring (bicyclic) bond motifs is 1. The van der Waals surface area contributed by atoms with Crippen LogP contribution in [0, 0.1) is 19.8 Å². The van der Waals surface area contributed by atoms with E-state index in [1.807, 2.05) is 42.8 Å². The van der Waals surface area contributed by atoms with E-state index >= 15 is 0 Å². The maximum Gasteiger partial charge on any atom is 0.274 e. The van der Waals surface area contributed by atoms with Crippen LogP contribution in [0.25, 0.3) is 11.0 Å². The highest BCUT2D eigenvalue weighted by Gasteiger charge is 2.28. The lowest BCUT2D eigenvalue weighted by molar-refractivity contribution is 0.0913. The van der Waals surface area contributed by atoms with Crippen LogP contribution in [0.2, 0.25) is 0 Å². The number of nitrogens with zero attached hydrogens (tertiary/aromatic N) is 3. The molecule has 1 fully saturated rings. The second-order valence-electron chi connectivity index (χ2n) is 8.23. The number of carbonyl (C=O) groups is 1. The lowest BCUT2D eigenvalue weighted by Crippen LogP contribution is -2.33. The molecular weight excluding hydrogens is 366 g/mol. The maximum absolute atomic E-state index is 13.1. The summed E-state index contributed by atoms with van der Waals surface area (Å²) in [5, 5.41) is 16.1. The monoisotopic (exact) mass is 395 g/mol. The number of piperidine rings is 1. The molecule has 0 saturated carbocycles. The van der Waals surface area contributed by atoms with Gasteiger partial charge in [0.05, 0.1) is 17.8 Å². The predicted molar refractivity (Wildman–Crippen MR) is 112 cm³/mol. The van der Waals surface area contributed by atoms with Crippen LogP contribution in [0.3, 0.4) is 0 Å². The van der Waals surface area contributed by atoms with Gasteiger partial charge in [0.15, 0.2) is 5.69 Å². The molecule has 2 aromatic heterocycles. The van der Waals surface area contributed by atoms with Gasteiger partial charge in [-0.05, 0) is 51.8 Å². The van der Waals surface area contributed by atoms with Crippen molar-refractivity contribution in [2.75, 3.05) is 13.1 Å². The summed E-state index contributed by atoms with van der Waals surface area (Å²) in [4.78, 5) is 13.1. The normalized spacial score (nSPS) is 16.4. The molecule has 0 aliphatic carbocycles. The van der Waals surface area contributed by atoms with Crippen LogP contribution in [0.1, 0.15) is 66.3 Å². The predicted octanol–water partition coefficient (Wildman–Crippen LogP) is 3.69. The third kappa shape index (κ3) is 3.67. The molecule has 154 valence electrons. The number of hydrogen-bond donors (Lipinski definition) is 2. The third-order valence-electron chi connectivity index (χ3n) is 5.91. The summed E-state index contributed by atoms with van der Waals surface area (Å²) in [5.74, 6) is 0.761. The van der Waals surface area contributed by atoms with E-state index in [2.05, 4.69) is 34.8 Å². The Morgan fingerprint density at radius 2 is 1.97 bits per heavy atom. The van der Waals surface area contributed by atoms with Crippen molar-refractivity contribution < 1.29 is 9.21 Å². The van der Waals surface area contributed by atoms with Gasteiger partial charge in [-0.1, -0.05) is 37.3 Å². The van der Waals surface area contributed by atoms with Crippen molar-refractivity contribution in [3.63, 3.8) is 0 Å². The molecule has 0 bridgehead atoms. The Bertz CT molecular complexity index is 1010. The number of aryl methyl sites for hydroxylation is 1. The minimum absolute atomic E-state index is 0.165. The van der Waals surface area contributed by atoms with Gasteiger partial charge in [0.25, 0.3) is 5.91 Å². The van der Waals surface area contributed by atoms with Gasteiger partial charge >= 0.3 is 0 Å². The summed E-state index contributed by atoms with van der Waals surface area (Å²) in [5.41, 5.74) is 3.11. The van der Waals surface area contributed by atoms with Gasteiger partial charge in [-0.3, -0.25) is 4.79 Å². The van der Waals surface area contributed by atoms with Gasteiger partial charge in [0, 0.05) is 10.9 Å². The Balaban J connectivity index is 1.60. The van der Waals surface area contributed by atoms with E-state index in [0.29, 0.717) is 11.7 Å². The molecule has 2 N–H and O–H groups in total. The van der Waals surface area contributed by atoms with Crippen molar-refractivity contribution in [2.24, 2.45) is 5.92 Å². The van der Waals surface area contributed by atoms with Gasteiger partial charge in [-0.25, -0.2) is 4.68 Å². The molecule has 3 heterocycles. The second kappa shape index (κ2) is 7.99. The van der Waals surface area contributed by atoms with Gasteiger partial charge in [-0.15, -0.1) is 5.10 Å². The van der Waals surface area contributed by atoms with Gasteiger partial charge in [-0.2, -0.15) is 0 Å². The van der Waals surface area contributed by atoms with E-state index < -0.39 is 0 Å². The molecule has 7 nitrogen and oxygen atoms in total. The Hall–Kier alpha value is -2.67. The number of para-hydroxylation sites is 1. The molecule has 29 heavy (non-hydrogen) atoms. The van der Waals surface area contributed by atoms with Gasteiger partial charge < -0.3 is 15.1 Å². The molecule has 3 aromatic rings. The summed E-state index contributed by atoms with van der Waals surface area (Å²) in [6.07, 6.45) is 2.00. The lowest BCUT2D eigenvalue weighted by Gasteiger charge is -2.23. The van der Waals surface area contributed by atoms with E-state index in [4.69, 9.17) is 4.42 Å². The van der Waals surface area contributed by atoms with Crippen molar-refractivity contribution in [1.82, 2.24) is 25.6 Å². The van der Waals surface area contributed by atoms with Gasteiger partial charge in [0.2, 0.25) is 0 Å². The van der Waals surface area contributed by atoms with Crippen molar-refractivity contribution in [2.45, 2.75) is 52.6 Å². The fourth-order valence-electron chi connectivity index (χ4n) is 4.18. The number of hydrogen-bond acceptors (Lipinski definition) is 5. The summed E-state index contributed by atoms with van der Waals surface area (Å²) >= 11 is 0. The summed E-state index contributed by atoms with van der Waals surface area (Å²) < 4.78 is 8.04. The maximum atomic E-state index is 13.1. The first kappa shape index (κ1) is 19.6. The molecular formula is C22H29N5O2. The largest absolute Gasteiger partial charge is 0.459 e. The number of furan rings is 1. The van der Waals surface area contributed by atoms with E-state index in [1.165, 1.54) is 0 Å². The van der Waals surface area contributed by atoms with Crippen LogP contribution >= 0.6 is 0 Å². The minimum Gasteiger partial charge on any atom is -0.459 e. The molecule has 1 aliphatic rings. The summed E-state index contributed by atoms with van der Waals surface area (Å²) in [6, 6.07) is 8.02. The third-order valence-corrected chi connectivity index (χ3v) is 5.91. The highest BCUT2D eigenvalue weighted by atomic mass is 16.3. The van der Waals surface area contributed by atoms with Crippen LogP contribution in [0.15, 0.2) is 28.7 Å². The van der Waals surface area contributed by atoms with Crippen molar-refractivity contribution >= 4 is 16.9 Å². The van der Waals surface area contributed by atoms with E-state index in [0.717, 1.165) is 53.9 Å². The highest BCUT2D eigenvalue weighted by Crippen LogP contribution is 2.33. The fraction of sp³-hybridized carbons (Fsp3) is 0.500. The van der Waals surface area contributed by atoms with E-state index in [1.54, 1.807) is 0 Å². The quantitative estimate of drug-likeness (QED) is 0.688. The zero-order valence-corrected chi connectivity index (χ0v) is 17.5. The smallest absolute Gasteiger partial charge is 0.274 e. The number of rotatable bonds is 5. The minimum atomic E-state index is -0.238. The lowest BCUT2D eigenvalue weighted by atomic mass is 9.98. The van der Waals surface area contributed by atoms with Crippen LogP contribution in [0.4, 0.5) is 0 Å². The number of nitrogens with one attached hydrogen (secondary N) is 2. The second-order valence-corrected chi connectivity index (χ2v) is 8.23. The number of aromatic nitrogens is 3. The van der Waals surface area contributed by atoms with Crippen LogP contribution in [-0.4, -0.2) is 34.0 Å². The number of amides is 1. The highest BCUT2D eigenvalue weighted by molar-refractivity contribution is 5.93. The molecule has 1 aliphatic heterocycles. The number of carbonyl (C=O) groups excluding carboxylic acids is 1. The zero-order chi connectivity index (χ0) is 20.5. The first-order valence-corrected chi connectivity index (χ1v) is 10.4. The molecule has 7 heteroatoms. The average Bonchev–Trinajstić information content (AvgIpc) is 3.27. The van der Waals surface area contributed by atoms with Crippen LogP contribution in [0.5, 0.6) is 0 Å². The average molecular weight is 396 g/mol.